The summed E-state index contributed by atoms with van der Waals surface area (Å²) in [6, 6.07) is 5.33. The highest BCUT2D eigenvalue weighted by molar-refractivity contribution is 5.74. The Hall–Kier alpha value is -2.44. The van der Waals surface area contributed by atoms with Crippen LogP contribution in [0, 0.1) is 5.92 Å². The lowest BCUT2D eigenvalue weighted by molar-refractivity contribution is 0.224. The van der Waals surface area contributed by atoms with Gasteiger partial charge >= 0.3 is 6.03 Å². The van der Waals surface area contributed by atoms with E-state index in [1.54, 1.807) is 6.20 Å². The van der Waals surface area contributed by atoms with Crippen LogP contribution in [0.2, 0.25) is 0 Å². The van der Waals surface area contributed by atoms with E-state index in [2.05, 4.69) is 39.5 Å². The smallest absolute Gasteiger partial charge is 0.315 e. The van der Waals surface area contributed by atoms with Crippen molar-refractivity contribution in [3.05, 3.63) is 41.7 Å². The number of urea groups is 1. The highest BCUT2D eigenvalue weighted by Gasteiger charge is 2.27. The van der Waals surface area contributed by atoms with Gasteiger partial charge in [0.1, 0.15) is 5.82 Å². The first kappa shape index (κ1) is 17.4. The second kappa shape index (κ2) is 7.63. The molecule has 2 amide bonds. The van der Waals surface area contributed by atoms with Gasteiger partial charge in [-0.05, 0) is 30.9 Å². The summed E-state index contributed by atoms with van der Waals surface area (Å²) in [6.45, 7) is 7.05. The van der Waals surface area contributed by atoms with E-state index in [1.165, 1.54) is 0 Å². The molecule has 2 aromatic heterocycles. The largest absolute Gasteiger partial charge is 0.330 e. The first-order chi connectivity index (χ1) is 12.1. The standard InChI is InChI=1S/C18H26N6O/c1-4-15-21-17-14(9-7-11-24(17)23-15)20-18(25)22-16(12(2)3)13-8-5-6-10-19-13/h5-6,8,10,12,14,16H,4,7,9,11H2,1-3H3,(H2,20,22,25). The van der Waals surface area contributed by atoms with E-state index in [-0.39, 0.29) is 24.0 Å². The minimum atomic E-state index is -0.191. The Balaban J connectivity index is 1.69. The molecule has 134 valence electrons. The summed E-state index contributed by atoms with van der Waals surface area (Å²) < 4.78 is 1.92. The van der Waals surface area contributed by atoms with E-state index in [9.17, 15) is 4.79 Å². The molecule has 0 radical (unpaired) electrons. The Labute approximate surface area is 148 Å². The summed E-state index contributed by atoms with van der Waals surface area (Å²) in [7, 11) is 0. The molecule has 0 fully saturated rings. The molecule has 2 aromatic rings. The summed E-state index contributed by atoms with van der Waals surface area (Å²) in [5.41, 5.74) is 0.868. The van der Waals surface area contributed by atoms with Crippen LogP contribution >= 0.6 is 0 Å². The molecule has 2 unspecified atom stereocenters. The second-order valence-electron chi connectivity index (χ2n) is 6.75. The van der Waals surface area contributed by atoms with Gasteiger partial charge in [-0.1, -0.05) is 26.8 Å². The fourth-order valence-corrected chi connectivity index (χ4v) is 3.17. The van der Waals surface area contributed by atoms with E-state index >= 15 is 0 Å². The number of rotatable bonds is 5. The lowest BCUT2D eigenvalue weighted by Gasteiger charge is -2.26. The summed E-state index contributed by atoms with van der Waals surface area (Å²) in [4.78, 5) is 21.5. The molecule has 2 N–H and O–H groups in total. The normalized spacial score (nSPS) is 17.8. The van der Waals surface area contributed by atoms with Crippen LogP contribution in [-0.2, 0) is 13.0 Å². The maximum atomic E-state index is 12.6. The van der Waals surface area contributed by atoms with Gasteiger partial charge in [0, 0.05) is 19.2 Å². The van der Waals surface area contributed by atoms with E-state index in [4.69, 9.17) is 0 Å². The minimum absolute atomic E-state index is 0.0990. The van der Waals surface area contributed by atoms with Crippen LogP contribution in [0.5, 0.6) is 0 Å². The van der Waals surface area contributed by atoms with Crippen LogP contribution in [-0.4, -0.2) is 25.8 Å². The first-order valence-electron chi connectivity index (χ1n) is 9.00. The number of nitrogens with zero attached hydrogens (tertiary/aromatic N) is 4. The maximum Gasteiger partial charge on any atom is 0.315 e. The van der Waals surface area contributed by atoms with Crippen molar-refractivity contribution in [2.24, 2.45) is 5.92 Å². The van der Waals surface area contributed by atoms with Crippen LogP contribution in [0.1, 0.15) is 63.0 Å². The molecule has 0 aromatic carbocycles. The van der Waals surface area contributed by atoms with Crippen LogP contribution in [0.3, 0.4) is 0 Å². The Bertz CT molecular complexity index is 712. The zero-order valence-electron chi connectivity index (χ0n) is 15.1. The van der Waals surface area contributed by atoms with Gasteiger partial charge in [0.05, 0.1) is 17.8 Å². The van der Waals surface area contributed by atoms with Crippen molar-refractivity contribution < 1.29 is 4.79 Å². The average molecular weight is 342 g/mol. The third-order valence-corrected chi connectivity index (χ3v) is 4.50. The molecule has 0 aliphatic carbocycles. The van der Waals surface area contributed by atoms with Gasteiger partial charge in [-0.15, -0.1) is 0 Å². The summed E-state index contributed by atoms with van der Waals surface area (Å²) in [5, 5.41) is 10.6. The Morgan fingerprint density at radius 3 is 2.92 bits per heavy atom. The molecule has 7 nitrogen and oxygen atoms in total. The highest BCUT2D eigenvalue weighted by atomic mass is 16.2. The molecule has 25 heavy (non-hydrogen) atoms. The van der Waals surface area contributed by atoms with E-state index in [0.29, 0.717) is 0 Å². The topological polar surface area (TPSA) is 84.7 Å². The number of aryl methyl sites for hydroxylation is 2. The van der Waals surface area contributed by atoms with E-state index in [0.717, 1.165) is 43.1 Å². The van der Waals surface area contributed by atoms with Gasteiger partial charge < -0.3 is 10.6 Å². The van der Waals surface area contributed by atoms with Crippen LogP contribution in [0.4, 0.5) is 4.79 Å². The van der Waals surface area contributed by atoms with E-state index < -0.39 is 0 Å². The predicted octanol–water partition coefficient (Wildman–Crippen LogP) is 2.77. The van der Waals surface area contributed by atoms with Crippen LogP contribution in [0.25, 0.3) is 0 Å². The monoisotopic (exact) mass is 342 g/mol. The lowest BCUT2D eigenvalue weighted by Crippen LogP contribution is -2.43. The predicted molar refractivity (Wildman–Crippen MR) is 94.9 cm³/mol. The fourth-order valence-electron chi connectivity index (χ4n) is 3.17. The Kier molecular flexibility index (Phi) is 5.31. The van der Waals surface area contributed by atoms with Crippen molar-refractivity contribution in [1.29, 1.82) is 0 Å². The number of pyridine rings is 1. The number of hydrogen-bond donors (Lipinski definition) is 2. The molecule has 3 rings (SSSR count). The van der Waals surface area contributed by atoms with Gasteiger partial charge in [0.2, 0.25) is 0 Å². The number of nitrogens with one attached hydrogen (secondary N) is 2. The number of fused-ring (bicyclic) bond motifs is 1. The third-order valence-electron chi connectivity index (χ3n) is 4.50. The Morgan fingerprint density at radius 2 is 2.24 bits per heavy atom. The minimum Gasteiger partial charge on any atom is -0.330 e. The summed E-state index contributed by atoms with van der Waals surface area (Å²) in [5.74, 6) is 1.93. The third kappa shape index (κ3) is 3.97. The molecule has 2 atom stereocenters. The first-order valence-corrected chi connectivity index (χ1v) is 9.00. The van der Waals surface area contributed by atoms with Crippen LogP contribution < -0.4 is 10.6 Å². The van der Waals surface area contributed by atoms with Crippen molar-refractivity contribution in [2.45, 2.75) is 58.7 Å². The van der Waals surface area contributed by atoms with Crippen molar-refractivity contribution >= 4 is 6.03 Å². The van der Waals surface area contributed by atoms with Crippen molar-refractivity contribution in [3.8, 4) is 0 Å². The fraction of sp³-hybridized carbons (Fsp3) is 0.556. The van der Waals surface area contributed by atoms with E-state index in [1.807, 2.05) is 29.8 Å². The van der Waals surface area contributed by atoms with Crippen molar-refractivity contribution in [1.82, 2.24) is 30.4 Å². The molecule has 0 saturated carbocycles. The number of carbonyl (C=O) groups excluding carboxylic acids is 1. The molecular weight excluding hydrogens is 316 g/mol. The molecule has 3 heterocycles. The van der Waals surface area contributed by atoms with Gasteiger partial charge in [-0.25, -0.2) is 14.5 Å². The Morgan fingerprint density at radius 1 is 1.40 bits per heavy atom. The molecule has 7 heteroatoms. The zero-order valence-corrected chi connectivity index (χ0v) is 15.1. The zero-order chi connectivity index (χ0) is 17.8. The number of hydrogen-bond acceptors (Lipinski definition) is 4. The van der Waals surface area contributed by atoms with Crippen molar-refractivity contribution in [2.75, 3.05) is 0 Å². The molecule has 0 saturated heterocycles. The second-order valence-corrected chi connectivity index (χ2v) is 6.75. The van der Waals surface area contributed by atoms with Crippen molar-refractivity contribution in [3.63, 3.8) is 0 Å². The molecule has 1 aliphatic heterocycles. The average Bonchev–Trinajstić information content (AvgIpc) is 3.04. The van der Waals surface area contributed by atoms with Crippen LogP contribution in [0.15, 0.2) is 24.4 Å². The highest BCUT2D eigenvalue weighted by Crippen LogP contribution is 2.24. The molecule has 0 bridgehead atoms. The summed E-state index contributed by atoms with van der Waals surface area (Å²) in [6.07, 6.45) is 4.41. The molecule has 0 spiro atoms. The maximum absolute atomic E-state index is 12.6. The van der Waals surface area contributed by atoms with Gasteiger partial charge in [-0.3, -0.25) is 4.98 Å². The lowest BCUT2D eigenvalue weighted by atomic mass is 10.0. The number of carbonyl (C=O) groups is 1. The van der Waals surface area contributed by atoms with Gasteiger partial charge in [0.15, 0.2) is 5.82 Å². The molecular formula is C18H26N6O. The van der Waals surface area contributed by atoms with Gasteiger partial charge in [-0.2, -0.15) is 5.10 Å². The number of amides is 2. The summed E-state index contributed by atoms with van der Waals surface area (Å²) >= 11 is 0. The number of aromatic nitrogens is 4. The molecule has 1 aliphatic rings. The van der Waals surface area contributed by atoms with Gasteiger partial charge in [0.25, 0.3) is 0 Å². The quantitative estimate of drug-likeness (QED) is 0.875. The SMILES string of the molecule is CCc1nc2n(n1)CCCC2NC(=O)NC(c1ccccn1)C(C)C.